The molecule has 5 amide bonds. The number of aromatic nitrogens is 2. The first-order chi connectivity index (χ1) is 23.8. The summed E-state index contributed by atoms with van der Waals surface area (Å²) in [6.07, 6.45) is 9.16. The summed E-state index contributed by atoms with van der Waals surface area (Å²) in [4.78, 5) is 69.7. The van der Waals surface area contributed by atoms with Gasteiger partial charge in [-0.15, -0.1) is 0 Å². The topological polar surface area (TPSA) is 166 Å². The molecular weight excluding hydrogens is 630 g/mol. The molecule has 2 saturated carbocycles. The van der Waals surface area contributed by atoms with Gasteiger partial charge in [0.1, 0.15) is 12.1 Å². The van der Waals surface area contributed by atoms with Gasteiger partial charge in [0.2, 0.25) is 17.7 Å². The Labute approximate surface area is 286 Å². The Kier molecular flexibility index (Phi) is 11.0. The number of carboxylic acid groups (broad SMARTS) is 1. The average molecular weight is 678 g/mol. The van der Waals surface area contributed by atoms with Crippen molar-refractivity contribution in [2.75, 3.05) is 39.3 Å². The first kappa shape index (κ1) is 34.3. The average Bonchev–Trinajstić information content (AvgIpc) is 3.77. The minimum absolute atomic E-state index is 0.0300. The second-order valence-corrected chi connectivity index (χ2v) is 13.6. The predicted octanol–water partition coefficient (Wildman–Crippen LogP) is 2.80. The quantitative estimate of drug-likeness (QED) is 0.327. The SMILES string of the molecule is O=C(N[C@@H](CC1CCCCC1)C(=O)N1CCN(C(=O)O)CC1)c1cc(OCC(=O)N2CCC[C@H]2C(=O)NC2CCC2)n(-c2ccccc2)n1. The lowest BCUT2D eigenvalue weighted by molar-refractivity contribution is -0.140. The zero-order valence-corrected chi connectivity index (χ0v) is 27.9. The summed E-state index contributed by atoms with van der Waals surface area (Å²) in [6.45, 7) is 1.09. The molecule has 2 aromatic rings. The Balaban J connectivity index is 1.16. The van der Waals surface area contributed by atoms with E-state index in [9.17, 15) is 29.1 Å². The normalized spacial score (nSPS) is 20.7. The summed E-state index contributed by atoms with van der Waals surface area (Å²) < 4.78 is 7.46. The Morgan fingerprint density at radius 3 is 2.24 bits per heavy atom. The van der Waals surface area contributed by atoms with Crippen molar-refractivity contribution in [3.63, 3.8) is 0 Å². The molecule has 4 aliphatic rings. The van der Waals surface area contributed by atoms with Crippen molar-refractivity contribution in [3.8, 4) is 11.6 Å². The number of hydrogen-bond donors (Lipinski definition) is 3. The Hall–Kier alpha value is -4.62. The van der Waals surface area contributed by atoms with Gasteiger partial charge in [0.15, 0.2) is 12.3 Å². The van der Waals surface area contributed by atoms with Crippen LogP contribution in [-0.4, -0.2) is 117 Å². The van der Waals surface area contributed by atoms with Gasteiger partial charge in [0.05, 0.1) is 5.69 Å². The van der Waals surface area contributed by atoms with Gasteiger partial charge in [0, 0.05) is 44.8 Å². The molecule has 49 heavy (non-hydrogen) atoms. The van der Waals surface area contributed by atoms with Crippen LogP contribution in [0.15, 0.2) is 36.4 Å². The molecule has 2 atom stereocenters. The number of ether oxygens (including phenoxy) is 1. The molecule has 14 nitrogen and oxygen atoms in total. The van der Waals surface area contributed by atoms with E-state index in [4.69, 9.17) is 4.74 Å². The second-order valence-electron chi connectivity index (χ2n) is 13.6. The van der Waals surface area contributed by atoms with Crippen molar-refractivity contribution >= 4 is 29.7 Å². The number of nitrogens with zero attached hydrogens (tertiary/aromatic N) is 5. The minimum atomic E-state index is -1.01. The van der Waals surface area contributed by atoms with Gasteiger partial charge in [-0.25, -0.2) is 9.48 Å². The van der Waals surface area contributed by atoms with E-state index in [2.05, 4.69) is 15.7 Å². The van der Waals surface area contributed by atoms with Crippen molar-refractivity contribution in [1.82, 2.24) is 35.1 Å². The summed E-state index contributed by atoms with van der Waals surface area (Å²) in [7, 11) is 0. The highest BCUT2D eigenvalue weighted by atomic mass is 16.5. The number of hydrogen-bond acceptors (Lipinski definition) is 7. The fourth-order valence-electron chi connectivity index (χ4n) is 7.29. The summed E-state index contributed by atoms with van der Waals surface area (Å²) in [5.74, 6) is -0.741. The number of nitrogens with one attached hydrogen (secondary N) is 2. The van der Waals surface area contributed by atoms with Crippen LogP contribution in [0.4, 0.5) is 4.79 Å². The Morgan fingerprint density at radius 1 is 0.857 bits per heavy atom. The number of rotatable bonds is 11. The molecule has 3 heterocycles. The fourth-order valence-corrected chi connectivity index (χ4v) is 7.29. The molecule has 14 heteroatoms. The predicted molar refractivity (Wildman–Crippen MR) is 178 cm³/mol. The number of carbonyl (C=O) groups is 5. The second kappa shape index (κ2) is 15.7. The summed E-state index contributed by atoms with van der Waals surface area (Å²) in [5, 5.41) is 19.9. The number of carbonyl (C=O) groups excluding carboxylic acids is 4. The number of amides is 5. The Bertz CT molecular complexity index is 1500. The molecule has 2 aliphatic carbocycles. The molecular formula is C35H47N7O7. The molecule has 4 fully saturated rings. The van der Waals surface area contributed by atoms with E-state index in [1.165, 1.54) is 15.6 Å². The van der Waals surface area contributed by atoms with Crippen LogP contribution in [0.3, 0.4) is 0 Å². The van der Waals surface area contributed by atoms with Crippen LogP contribution in [0.2, 0.25) is 0 Å². The van der Waals surface area contributed by atoms with Gasteiger partial charge in [-0.2, -0.15) is 5.10 Å². The number of likely N-dealkylation sites (tertiary alicyclic amines) is 1. The molecule has 1 aromatic carbocycles. The van der Waals surface area contributed by atoms with Crippen molar-refractivity contribution < 1.29 is 33.8 Å². The van der Waals surface area contributed by atoms with Crippen molar-refractivity contribution in [1.29, 1.82) is 0 Å². The van der Waals surface area contributed by atoms with Crippen LogP contribution in [0.1, 0.15) is 81.1 Å². The van der Waals surface area contributed by atoms with Crippen LogP contribution in [0.5, 0.6) is 5.88 Å². The third-order valence-electron chi connectivity index (χ3n) is 10.3. The summed E-state index contributed by atoms with van der Waals surface area (Å²) in [6, 6.07) is 9.44. The third kappa shape index (κ3) is 8.34. The van der Waals surface area contributed by atoms with Crippen LogP contribution >= 0.6 is 0 Å². The molecule has 264 valence electrons. The summed E-state index contributed by atoms with van der Waals surface area (Å²) in [5.41, 5.74) is 0.649. The van der Waals surface area contributed by atoms with Gasteiger partial charge in [0.25, 0.3) is 11.8 Å². The lowest BCUT2D eigenvalue weighted by Crippen LogP contribution is -2.56. The van der Waals surface area contributed by atoms with E-state index in [0.29, 0.717) is 31.0 Å². The standard InChI is InChI=1S/C35H47N7O7/c43-30(41-16-8-15-29(41)33(45)36-25-11-7-12-25)23-49-31-22-27(38-42(31)26-13-5-2-6-14-26)32(44)37-28(21-24-9-3-1-4-10-24)34(46)39-17-19-40(20-18-39)35(47)48/h2,5-6,13-14,22,24-25,28-29H,1,3-4,7-12,15-21,23H2,(H,36,45)(H,37,44)(H,47,48)/t28-,29-/m0/s1. The van der Waals surface area contributed by atoms with Crippen LogP contribution < -0.4 is 15.4 Å². The van der Waals surface area contributed by atoms with Crippen LogP contribution in [0.25, 0.3) is 5.69 Å². The van der Waals surface area contributed by atoms with Gasteiger partial charge in [-0.3, -0.25) is 19.2 Å². The lowest BCUT2D eigenvalue weighted by atomic mass is 9.84. The molecule has 3 N–H and O–H groups in total. The van der Waals surface area contributed by atoms with Crippen LogP contribution in [-0.2, 0) is 14.4 Å². The molecule has 6 rings (SSSR count). The molecule has 0 spiro atoms. The highest BCUT2D eigenvalue weighted by Crippen LogP contribution is 2.29. The van der Waals surface area contributed by atoms with Crippen molar-refractivity contribution in [3.05, 3.63) is 42.1 Å². The van der Waals surface area contributed by atoms with Gasteiger partial charge < -0.3 is 35.2 Å². The molecule has 2 saturated heterocycles. The molecule has 0 unspecified atom stereocenters. The van der Waals surface area contributed by atoms with E-state index < -0.39 is 24.1 Å². The number of benzene rings is 1. The van der Waals surface area contributed by atoms with Gasteiger partial charge in [-0.1, -0.05) is 50.3 Å². The molecule has 2 aliphatic heterocycles. The molecule has 1 aromatic heterocycles. The maximum atomic E-state index is 13.8. The van der Waals surface area contributed by atoms with E-state index in [0.717, 1.165) is 57.8 Å². The van der Waals surface area contributed by atoms with E-state index in [1.807, 2.05) is 18.2 Å². The maximum absolute atomic E-state index is 13.8. The highest BCUT2D eigenvalue weighted by Gasteiger charge is 2.36. The van der Waals surface area contributed by atoms with Gasteiger partial charge in [-0.05, 0) is 56.6 Å². The number of piperazine rings is 1. The maximum Gasteiger partial charge on any atom is 0.407 e. The highest BCUT2D eigenvalue weighted by molar-refractivity contribution is 5.96. The molecule has 0 radical (unpaired) electrons. The monoisotopic (exact) mass is 677 g/mol. The van der Waals surface area contributed by atoms with E-state index >= 15 is 0 Å². The Morgan fingerprint density at radius 2 is 1.57 bits per heavy atom. The fraction of sp³-hybridized carbons (Fsp3) is 0.600. The number of para-hydroxylation sites is 1. The largest absolute Gasteiger partial charge is 0.467 e. The minimum Gasteiger partial charge on any atom is -0.467 e. The lowest BCUT2D eigenvalue weighted by Gasteiger charge is -2.36. The summed E-state index contributed by atoms with van der Waals surface area (Å²) >= 11 is 0. The van der Waals surface area contributed by atoms with E-state index in [-0.39, 0.29) is 68.1 Å². The van der Waals surface area contributed by atoms with Crippen LogP contribution in [0, 0.1) is 5.92 Å². The zero-order valence-electron chi connectivity index (χ0n) is 27.9. The van der Waals surface area contributed by atoms with E-state index in [1.54, 1.807) is 21.9 Å². The third-order valence-corrected chi connectivity index (χ3v) is 10.3. The first-order valence-electron chi connectivity index (χ1n) is 17.7. The smallest absolute Gasteiger partial charge is 0.407 e. The zero-order chi connectivity index (χ0) is 34.3. The van der Waals surface area contributed by atoms with Crippen molar-refractivity contribution in [2.45, 2.75) is 88.8 Å². The first-order valence-corrected chi connectivity index (χ1v) is 17.7. The van der Waals surface area contributed by atoms with Crippen molar-refractivity contribution in [2.24, 2.45) is 5.92 Å². The molecule has 0 bridgehead atoms. The van der Waals surface area contributed by atoms with Gasteiger partial charge >= 0.3 is 6.09 Å².